The maximum absolute atomic E-state index is 6.08. The predicted molar refractivity (Wildman–Crippen MR) is 113 cm³/mol. The molecule has 0 saturated carbocycles. The van der Waals surface area contributed by atoms with Gasteiger partial charge in [0.05, 0.1) is 6.04 Å². The van der Waals surface area contributed by atoms with Crippen LogP contribution in [0.3, 0.4) is 0 Å². The van der Waals surface area contributed by atoms with Gasteiger partial charge in [0.15, 0.2) is 0 Å². The highest BCUT2D eigenvalue weighted by molar-refractivity contribution is 9.10. The fourth-order valence-corrected chi connectivity index (χ4v) is 4.10. The Hall–Kier alpha value is -2.14. The lowest BCUT2D eigenvalue weighted by atomic mass is 9.96. The zero-order chi connectivity index (χ0) is 18.5. The predicted octanol–water partition coefficient (Wildman–Crippen LogP) is 5.24. The number of hydrogen-bond acceptors (Lipinski definition) is 3. The van der Waals surface area contributed by atoms with Gasteiger partial charge in [0.2, 0.25) is 0 Å². The summed E-state index contributed by atoms with van der Waals surface area (Å²) >= 11 is 3.76. The minimum atomic E-state index is 0.196. The van der Waals surface area contributed by atoms with Crippen LogP contribution in [0.25, 0.3) is 0 Å². The van der Waals surface area contributed by atoms with Crippen molar-refractivity contribution < 1.29 is 4.74 Å². The summed E-state index contributed by atoms with van der Waals surface area (Å²) < 4.78 is 7.22. The first kappa shape index (κ1) is 18.2. The SMILES string of the molecule is Brc1ccccc1C(c1cccc(Oc2ccccc2)c1)N1CCNCC1. The summed E-state index contributed by atoms with van der Waals surface area (Å²) in [5, 5.41) is 3.45. The molecule has 0 spiro atoms. The van der Waals surface area contributed by atoms with Gasteiger partial charge in [-0.2, -0.15) is 0 Å². The van der Waals surface area contributed by atoms with Gasteiger partial charge < -0.3 is 10.1 Å². The van der Waals surface area contributed by atoms with Crippen molar-refractivity contribution in [1.82, 2.24) is 10.2 Å². The quantitative estimate of drug-likeness (QED) is 0.608. The van der Waals surface area contributed by atoms with E-state index in [9.17, 15) is 0 Å². The van der Waals surface area contributed by atoms with Crippen LogP contribution < -0.4 is 10.1 Å². The number of nitrogens with one attached hydrogen (secondary N) is 1. The Bertz CT molecular complexity index is 878. The second kappa shape index (κ2) is 8.70. The second-order valence-electron chi connectivity index (χ2n) is 6.70. The monoisotopic (exact) mass is 422 g/mol. The van der Waals surface area contributed by atoms with Gasteiger partial charge in [-0.1, -0.05) is 64.5 Å². The third-order valence-corrected chi connectivity index (χ3v) is 5.59. The van der Waals surface area contributed by atoms with Crippen LogP contribution in [0.1, 0.15) is 17.2 Å². The molecule has 1 saturated heterocycles. The molecular formula is C23H23BrN2O. The zero-order valence-corrected chi connectivity index (χ0v) is 16.7. The molecule has 4 heteroatoms. The van der Waals surface area contributed by atoms with Crippen LogP contribution in [0.4, 0.5) is 0 Å². The number of nitrogens with zero attached hydrogens (tertiary/aromatic N) is 1. The van der Waals surface area contributed by atoms with E-state index in [1.54, 1.807) is 0 Å². The molecule has 3 aromatic carbocycles. The van der Waals surface area contributed by atoms with Crippen LogP contribution in [0.2, 0.25) is 0 Å². The number of para-hydroxylation sites is 1. The normalized spacial score (nSPS) is 16.0. The topological polar surface area (TPSA) is 24.5 Å². The molecule has 3 nitrogen and oxygen atoms in total. The molecule has 3 aromatic rings. The number of benzene rings is 3. The lowest BCUT2D eigenvalue weighted by Gasteiger charge is -2.36. The summed E-state index contributed by atoms with van der Waals surface area (Å²) in [6, 6.07) is 27.1. The van der Waals surface area contributed by atoms with E-state index in [4.69, 9.17) is 4.74 Å². The van der Waals surface area contributed by atoms with Crippen molar-refractivity contribution in [3.05, 3.63) is 94.5 Å². The Labute approximate surface area is 169 Å². The summed E-state index contributed by atoms with van der Waals surface area (Å²) in [5.74, 6) is 1.72. The van der Waals surface area contributed by atoms with Crippen molar-refractivity contribution in [2.24, 2.45) is 0 Å². The van der Waals surface area contributed by atoms with Crippen LogP contribution in [0.5, 0.6) is 11.5 Å². The summed E-state index contributed by atoms with van der Waals surface area (Å²) in [5.41, 5.74) is 2.54. The lowest BCUT2D eigenvalue weighted by molar-refractivity contribution is 0.198. The molecule has 1 fully saturated rings. The first-order valence-electron chi connectivity index (χ1n) is 9.33. The second-order valence-corrected chi connectivity index (χ2v) is 7.55. The molecule has 1 unspecified atom stereocenters. The largest absolute Gasteiger partial charge is 0.457 e. The van der Waals surface area contributed by atoms with Gasteiger partial charge in [0, 0.05) is 30.7 Å². The van der Waals surface area contributed by atoms with Crippen molar-refractivity contribution in [2.45, 2.75) is 6.04 Å². The van der Waals surface area contributed by atoms with Gasteiger partial charge in [-0.15, -0.1) is 0 Å². The van der Waals surface area contributed by atoms with E-state index in [1.165, 1.54) is 11.1 Å². The Kier molecular flexibility index (Phi) is 5.87. The van der Waals surface area contributed by atoms with Crippen LogP contribution in [-0.2, 0) is 0 Å². The average molecular weight is 423 g/mol. The Balaban J connectivity index is 1.69. The molecule has 4 rings (SSSR count). The highest BCUT2D eigenvalue weighted by Gasteiger charge is 2.25. The molecule has 138 valence electrons. The molecular weight excluding hydrogens is 400 g/mol. The van der Waals surface area contributed by atoms with E-state index in [1.807, 2.05) is 36.4 Å². The van der Waals surface area contributed by atoms with Crippen LogP contribution in [0, 0.1) is 0 Å². The van der Waals surface area contributed by atoms with Crippen LogP contribution in [-0.4, -0.2) is 31.1 Å². The van der Waals surface area contributed by atoms with Gasteiger partial charge >= 0.3 is 0 Å². The summed E-state index contributed by atoms with van der Waals surface area (Å²) in [4.78, 5) is 2.54. The Morgan fingerprint density at radius 2 is 1.52 bits per heavy atom. The molecule has 1 atom stereocenters. The van der Waals surface area contributed by atoms with Gasteiger partial charge in [-0.3, -0.25) is 4.90 Å². The summed E-state index contributed by atoms with van der Waals surface area (Å²) in [7, 11) is 0. The van der Waals surface area contributed by atoms with E-state index >= 15 is 0 Å². The zero-order valence-electron chi connectivity index (χ0n) is 15.1. The first-order chi connectivity index (χ1) is 13.3. The van der Waals surface area contributed by atoms with Crippen molar-refractivity contribution in [3.63, 3.8) is 0 Å². The van der Waals surface area contributed by atoms with Gasteiger partial charge in [0.25, 0.3) is 0 Å². The molecule has 1 N–H and O–H groups in total. The smallest absolute Gasteiger partial charge is 0.127 e. The van der Waals surface area contributed by atoms with Gasteiger partial charge in [-0.05, 0) is 41.5 Å². The van der Waals surface area contributed by atoms with E-state index in [2.05, 4.69) is 68.6 Å². The Morgan fingerprint density at radius 1 is 0.815 bits per heavy atom. The maximum atomic E-state index is 6.08. The third-order valence-electron chi connectivity index (χ3n) is 4.87. The lowest BCUT2D eigenvalue weighted by Crippen LogP contribution is -2.45. The number of hydrogen-bond donors (Lipinski definition) is 1. The first-order valence-corrected chi connectivity index (χ1v) is 10.1. The molecule has 1 aliphatic heterocycles. The van der Waals surface area contributed by atoms with Crippen molar-refractivity contribution in [3.8, 4) is 11.5 Å². The van der Waals surface area contributed by atoms with Crippen molar-refractivity contribution >= 4 is 15.9 Å². The van der Waals surface area contributed by atoms with Crippen molar-refractivity contribution in [1.29, 1.82) is 0 Å². The molecule has 1 aliphatic rings. The van der Waals surface area contributed by atoms with Gasteiger partial charge in [0.1, 0.15) is 11.5 Å². The number of rotatable bonds is 5. The maximum Gasteiger partial charge on any atom is 0.127 e. The molecule has 0 aliphatic carbocycles. The fourth-order valence-electron chi connectivity index (χ4n) is 3.60. The Morgan fingerprint density at radius 3 is 2.30 bits per heavy atom. The van der Waals surface area contributed by atoms with E-state index in [0.717, 1.165) is 42.2 Å². The molecule has 1 heterocycles. The number of halogens is 1. The summed E-state index contributed by atoms with van der Waals surface area (Å²) in [6.07, 6.45) is 0. The number of ether oxygens (including phenoxy) is 1. The van der Waals surface area contributed by atoms with Crippen LogP contribution >= 0.6 is 15.9 Å². The molecule has 0 bridgehead atoms. The minimum Gasteiger partial charge on any atom is -0.457 e. The number of piperazine rings is 1. The van der Waals surface area contributed by atoms with Gasteiger partial charge in [-0.25, -0.2) is 0 Å². The minimum absolute atomic E-state index is 0.196. The van der Waals surface area contributed by atoms with E-state index in [-0.39, 0.29) is 6.04 Å². The fraction of sp³-hybridized carbons (Fsp3) is 0.217. The van der Waals surface area contributed by atoms with E-state index in [0.29, 0.717) is 0 Å². The molecule has 0 amide bonds. The highest BCUT2D eigenvalue weighted by Crippen LogP contribution is 2.35. The highest BCUT2D eigenvalue weighted by atomic mass is 79.9. The standard InChI is InChI=1S/C23H23BrN2O/c24-22-12-5-4-11-21(22)23(26-15-13-25-14-16-26)18-7-6-10-20(17-18)27-19-8-2-1-3-9-19/h1-12,17,23,25H,13-16H2. The molecule has 0 radical (unpaired) electrons. The third kappa shape index (κ3) is 4.41. The van der Waals surface area contributed by atoms with Crippen molar-refractivity contribution in [2.75, 3.05) is 26.2 Å². The molecule has 0 aromatic heterocycles. The summed E-state index contributed by atoms with van der Waals surface area (Å²) in [6.45, 7) is 4.08. The van der Waals surface area contributed by atoms with E-state index < -0.39 is 0 Å². The molecule has 27 heavy (non-hydrogen) atoms. The van der Waals surface area contributed by atoms with Crippen LogP contribution in [0.15, 0.2) is 83.3 Å². The average Bonchev–Trinajstić information content (AvgIpc) is 2.72.